The standard InChI is InChI=1S/C14H20N4O2/c1-18-10-16-13(17-18)7-8-15-9-11-5-4-6-12(19-2)14(11)20-3/h4-6,10,15H,7-9H2,1-3H3. The number of nitrogens with one attached hydrogen (secondary N) is 1. The summed E-state index contributed by atoms with van der Waals surface area (Å²) in [6.07, 6.45) is 2.51. The van der Waals surface area contributed by atoms with Crippen LogP contribution in [0.2, 0.25) is 0 Å². The molecule has 2 rings (SSSR count). The third-order valence-corrected chi connectivity index (χ3v) is 2.97. The fourth-order valence-corrected chi connectivity index (χ4v) is 2.01. The third kappa shape index (κ3) is 3.48. The third-order valence-electron chi connectivity index (χ3n) is 2.97. The van der Waals surface area contributed by atoms with E-state index < -0.39 is 0 Å². The van der Waals surface area contributed by atoms with Crippen LogP contribution in [0.5, 0.6) is 11.5 Å². The van der Waals surface area contributed by atoms with Crippen molar-refractivity contribution in [2.45, 2.75) is 13.0 Å². The minimum absolute atomic E-state index is 0.715. The molecule has 0 atom stereocenters. The van der Waals surface area contributed by atoms with E-state index in [-0.39, 0.29) is 0 Å². The largest absolute Gasteiger partial charge is 0.493 e. The Bertz CT molecular complexity index is 554. The Morgan fingerprint density at radius 2 is 2.10 bits per heavy atom. The van der Waals surface area contributed by atoms with E-state index in [1.807, 2.05) is 25.2 Å². The lowest BCUT2D eigenvalue weighted by molar-refractivity contribution is 0.350. The minimum atomic E-state index is 0.715. The molecule has 0 radical (unpaired) electrons. The Balaban J connectivity index is 1.87. The molecule has 108 valence electrons. The lowest BCUT2D eigenvalue weighted by atomic mass is 10.2. The van der Waals surface area contributed by atoms with Crippen LogP contribution in [-0.4, -0.2) is 35.5 Å². The van der Waals surface area contributed by atoms with Gasteiger partial charge < -0.3 is 14.8 Å². The molecule has 1 N–H and O–H groups in total. The molecule has 0 unspecified atom stereocenters. The fourth-order valence-electron chi connectivity index (χ4n) is 2.01. The van der Waals surface area contributed by atoms with Gasteiger partial charge >= 0.3 is 0 Å². The zero-order valence-corrected chi connectivity index (χ0v) is 12.1. The number of rotatable bonds is 7. The monoisotopic (exact) mass is 276 g/mol. The highest BCUT2D eigenvalue weighted by atomic mass is 16.5. The molecule has 0 aliphatic heterocycles. The summed E-state index contributed by atoms with van der Waals surface area (Å²) in [5, 5.41) is 7.60. The predicted octanol–water partition coefficient (Wildman–Crippen LogP) is 1.16. The molecule has 0 spiro atoms. The Morgan fingerprint density at radius 3 is 2.75 bits per heavy atom. The normalized spacial score (nSPS) is 10.6. The molecule has 1 aromatic carbocycles. The van der Waals surface area contributed by atoms with Crippen molar-refractivity contribution in [2.75, 3.05) is 20.8 Å². The van der Waals surface area contributed by atoms with Gasteiger partial charge in [0.25, 0.3) is 0 Å². The second kappa shape index (κ2) is 6.91. The van der Waals surface area contributed by atoms with Crippen molar-refractivity contribution in [2.24, 2.45) is 7.05 Å². The highest BCUT2D eigenvalue weighted by molar-refractivity contribution is 5.46. The first-order valence-electron chi connectivity index (χ1n) is 6.49. The molecule has 2 aromatic rings. The Labute approximate surface area is 118 Å². The van der Waals surface area contributed by atoms with Gasteiger partial charge in [-0.3, -0.25) is 4.68 Å². The summed E-state index contributed by atoms with van der Waals surface area (Å²) in [6.45, 7) is 1.53. The molecule has 0 amide bonds. The van der Waals surface area contributed by atoms with Crippen LogP contribution >= 0.6 is 0 Å². The summed E-state index contributed by atoms with van der Waals surface area (Å²) in [6, 6.07) is 5.87. The first-order valence-corrected chi connectivity index (χ1v) is 6.49. The Kier molecular flexibility index (Phi) is 4.95. The van der Waals surface area contributed by atoms with Crippen molar-refractivity contribution in [3.05, 3.63) is 35.9 Å². The first kappa shape index (κ1) is 14.3. The van der Waals surface area contributed by atoms with E-state index in [2.05, 4.69) is 15.4 Å². The first-order chi connectivity index (χ1) is 9.74. The van der Waals surface area contributed by atoms with Crippen LogP contribution in [0.4, 0.5) is 0 Å². The maximum atomic E-state index is 5.39. The van der Waals surface area contributed by atoms with Gasteiger partial charge in [0.05, 0.1) is 14.2 Å². The summed E-state index contributed by atoms with van der Waals surface area (Å²) < 4.78 is 12.4. The van der Waals surface area contributed by atoms with Gasteiger partial charge in [-0.1, -0.05) is 12.1 Å². The van der Waals surface area contributed by atoms with Crippen molar-refractivity contribution < 1.29 is 9.47 Å². The summed E-state index contributed by atoms with van der Waals surface area (Å²) in [4.78, 5) is 4.19. The smallest absolute Gasteiger partial charge is 0.165 e. The van der Waals surface area contributed by atoms with Crippen molar-refractivity contribution in [3.8, 4) is 11.5 Å². The second-order valence-electron chi connectivity index (χ2n) is 4.41. The zero-order valence-electron chi connectivity index (χ0n) is 12.1. The van der Waals surface area contributed by atoms with Gasteiger partial charge in [0.1, 0.15) is 6.33 Å². The average Bonchev–Trinajstić information content (AvgIpc) is 2.88. The topological polar surface area (TPSA) is 61.2 Å². The van der Waals surface area contributed by atoms with Gasteiger partial charge in [-0.15, -0.1) is 0 Å². The summed E-state index contributed by atoms with van der Waals surface area (Å²) in [5.41, 5.74) is 1.07. The van der Waals surface area contributed by atoms with Crippen molar-refractivity contribution in [1.82, 2.24) is 20.1 Å². The van der Waals surface area contributed by atoms with Crippen LogP contribution < -0.4 is 14.8 Å². The molecule has 20 heavy (non-hydrogen) atoms. The number of hydrogen-bond donors (Lipinski definition) is 1. The number of para-hydroxylation sites is 1. The summed E-state index contributed by atoms with van der Waals surface area (Å²) in [7, 11) is 5.16. The van der Waals surface area contributed by atoms with E-state index >= 15 is 0 Å². The van der Waals surface area contributed by atoms with E-state index in [1.54, 1.807) is 25.2 Å². The van der Waals surface area contributed by atoms with Gasteiger partial charge in [0.2, 0.25) is 0 Å². The van der Waals surface area contributed by atoms with E-state index in [9.17, 15) is 0 Å². The van der Waals surface area contributed by atoms with E-state index in [4.69, 9.17) is 9.47 Å². The number of benzene rings is 1. The number of hydrogen-bond acceptors (Lipinski definition) is 5. The molecular weight excluding hydrogens is 256 g/mol. The van der Waals surface area contributed by atoms with Crippen LogP contribution in [0, 0.1) is 0 Å². The van der Waals surface area contributed by atoms with Crippen LogP contribution in [-0.2, 0) is 20.0 Å². The molecular formula is C14H20N4O2. The quantitative estimate of drug-likeness (QED) is 0.769. The van der Waals surface area contributed by atoms with Crippen molar-refractivity contribution >= 4 is 0 Å². The van der Waals surface area contributed by atoms with Crippen LogP contribution in [0.15, 0.2) is 24.5 Å². The number of methoxy groups -OCH3 is 2. The zero-order chi connectivity index (χ0) is 14.4. The molecule has 6 nitrogen and oxygen atoms in total. The molecule has 0 fully saturated rings. The predicted molar refractivity (Wildman–Crippen MR) is 76.0 cm³/mol. The average molecular weight is 276 g/mol. The maximum absolute atomic E-state index is 5.39. The molecule has 0 saturated carbocycles. The molecule has 1 heterocycles. The van der Waals surface area contributed by atoms with E-state index in [0.29, 0.717) is 6.54 Å². The lowest BCUT2D eigenvalue weighted by Crippen LogP contribution is -2.18. The molecule has 6 heteroatoms. The highest BCUT2D eigenvalue weighted by Gasteiger charge is 2.08. The molecule has 0 saturated heterocycles. The summed E-state index contributed by atoms with van der Waals surface area (Å²) >= 11 is 0. The highest BCUT2D eigenvalue weighted by Crippen LogP contribution is 2.30. The maximum Gasteiger partial charge on any atom is 0.165 e. The fraction of sp³-hybridized carbons (Fsp3) is 0.429. The number of aryl methyl sites for hydroxylation is 1. The van der Waals surface area contributed by atoms with Gasteiger partial charge in [-0.25, -0.2) is 4.98 Å². The number of nitrogens with zero attached hydrogens (tertiary/aromatic N) is 3. The van der Waals surface area contributed by atoms with Crippen molar-refractivity contribution in [3.63, 3.8) is 0 Å². The SMILES string of the molecule is COc1cccc(CNCCc2ncn(C)n2)c1OC. The second-order valence-corrected chi connectivity index (χ2v) is 4.41. The van der Waals surface area contributed by atoms with Crippen LogP contribution in [0.3, 0.4) is 0 Å². The lowest BCUT2D eigenvalue weighted by Gasteiger charge is -2.12. The van der Waals surface area contributed by atoms with Crippen molar-refractivity contribution in [1.29, 1.82) is 0 Å². The molecule has 0 aliphatic carbocycles. The summed E-state index contributed by atoms with van der Waals surface area (Å²) in [5.74, 6) is 2.37. The Hall–Kier alpha value is -2.08. The van der Waals surface area contributed by atoms with E-state index in [0.717, 1.165) is 35.9 Å². The van der Waals surface area contributed by atoms with E-state index in [1.165, 1.54) is 0 Å². The van der Waals surface area contributed by atoms with Gasteiger partial charge in [0, 0.05) is 32.1 Å². The van der Waals surface area contributed by atoms with Gasteiger partial charge in [0.15, 0.2) is 17.3 Å². The van der Waals surface area contributed by atoms with Gasteiger partial charge in [-0.2, -0.15) is 5.10 Å². The van der Waals surface area contributed by atoms with Gasteiger partial charge in [-0.05, 0) is 6.07 Å². The molecule has 0 aliphatic rings. The minimum Gasteiger partial charge on any atom is -0.493 e. The van der Waals surface area contributed by atoms with Crippen LogP contribution in [0.25, 0.3) is 0 Å². The Morgan fingerprint density at radius 1 is 1.25 bits per heavy atom. The molecule has 0 bridgehead atoms. The number of ether oxygens (including phenoxy) is 2. The molecule has 1 aromatic heterocycles. The van der Waals surface area contributed by atoms with Crippen LogP contribution in [0.1, 0.15) is 11.4 Å². The number of aromatic nitrogens is 3.